The van der Waals surface area contributed by atoms with Crippen LogP contribution in [0.3, 0.4) is 0 Å². The Kier molecular flexibility index (Phi) is 20.3. The van der Waals surface area contributed by atoms with Crippen molar-refractivity contribution < 1.29 is 51.4 Å². The fourth-order valence-corrected chi connectivity index (χ4v) is 0. The number of hydrogen-bond acceptors (Lipinski definition) is 0. The van der Waals surface area contributed by atoms with E-state index in [1.54, 1.807) is 4.71 Å². The van der Waals surface area contributed by atoms with Crippen molar-refractivity contribution in [1.29, 1.82) is 0 Å². The molecule has 0 aliphatic rings. The molecule has 0 aromatic carbocycles. The summed E-state index contributed by atoms with van der Waals surface area (Å²) >= 11 is 2.11. The average Bonchev–Trinajstić information content (AvgIpc) is 0.918. The maximum atomic E-state index is 7.26. The number of nitrogens with zero attached hydrogens (tertiary/aromatic N) is 1. The summed E-state index contributed by atoms with van der Waals surface area (Å²) < 4.78 is 1.62. The molecule has 0 saturated carbocycles. The molecule has 0 atom stereocenters. The van der Waals surface area contributed by atoms with Gasteiger partial charge in [0.25, 0.3) is 0 Å². The van der Waals surface area contributed by atoms with E-state index in [4.69, 9.17) is 5.41 Å². The first-order valence-corrected chi connectivity index (χ1v) is 1.28. The van der Waals surface area contributed by atoms with Gasteiger partial charge in [-0.05, 0) is 0 Å². The first-order chi connectivity index (χ1) is 1.41. The monoisotopic (exact) mass is 145 g/mol. The van der Waals surface area contributed by atoms with Crippen molar-refractivity contribution >= 4 is 20.3 Å². The average molecular weight is 144 g/mol. The van der Waals surface area contributed by atoms with Crippen LogP contribution in [0.2, 0.25) is 0 Å². The second kappa shape index (κ2) is 8.83. The molecule has 1 nitrogen and oxygen atoms in total. The van der Waals surface area contributed by atoms with Crippen molar-refractivity contribution in [2.24, 2.45) is 0 Å². The summed E-state index contributed by atoms with van der Waals surface area (Å²) in [5, 5.41) is 7.26. The Labute approximate surface area is 75.4 Å². The van der Waals surface area contributed by atoms with E-state index in [9.17, 15) is 0 Å². The molecule has 16 valence electrons. The topological polar surface area (TPSA) is 22.3 Å². The van der Waals surface area contributed by atoms with Crippen molar-refractivity contribution in [3.05, 3.63) is 5.41 Å². The Morgan fingerprint density at radius 1 is 1.75 bits per heavy atom. The van der Waals surface area contributed by atoms with Crippen LogP contribution in [0.1, 0.15) is 0 Å². The molecule has 0 heterocycles. The van der Waals surface area contributed by atoms with Crippen molar-refractivity contribution in [3.63, 3.8) is 0 Å². The second-order valence-corrected chi connectivity index (χ2v) is 0.474. The third-order valence-corrected chi connectivity index (χ3v) is 0. The summed E-state index contributed by atoms with van der Waals surface area (Å²) in [6.07, 6.45) is 0. The summed E-state index contributed by atoms with van der Waals surface area (Å²) in [5.74, 6) is 0. The fourth-order valence-electron chi connectivity index (χ4n) is 0. The molecule has 0 spiro atoms. The molecule has 0 aliphatic carbocycles. The molecule has 4 heavy (non-hydrogen) atoms. The molecule has 3 heteroatoms. The standard InChI is InChI=1S/CNSe.K/c2-1-3;/q-1;+1. The number of hydrogen-bond donors (Lipinski definition) is 0. The molecule has 0 aromatic heterocycles. The Hall–Kier alpha value is 1.74. The molecule has 0 saturated heterocycles. The molecular weight excluding hydrogens is 144 g/mol. The van der Waals surface area contributed by atoms with E-state index in [1.807, 2.05) is 0 Å². The first kappa shape index (κ1) is 9.22. The predicted molar refractivity (Wildman–Crippen MR) is 14.1 cm³/mol. The molecule has 0 N–H and O–H groups in total. The minimum atomic E-state index is 0. The van der Waals surface area contributed by atoms with Gasteiger partial charge >= 0.3 is 77.1 Å². The maximum absolute atomic E-state index is 7.26. The minimum absolute atomic E-state index is 0. The van der Waals surface area contributed by atoms with Crippen LogP contribution in [0.15, 0.2) is 0 Å². The van der Waals surface area contributed by atoms with Crippen LogP contribution < -0.4 is 51.4 Å². The summed E-state index contributed by atoms with van der Waals surface area (Å²) in [7, 11) is 0. The second-order valence-electron chi connectivity index (χ2n) is 0.0913. The van der Waals surface area contributed by atoms with Gasteiger partial charge in [0.15, 0.2) is 0 Å². The molecule has 0 aliphatic heterocycles. The van der Waals surface area contributed by atoms with Crippen LogP contribution in [0.5, 0.6) is 0 Å². The van der Waals surface area contributed by atoms with E-state index in [0.29, 0.717) is 0 Å². The van der Waals surface area contributed by atoms with Gasteiger partial charge in [0.1, 0.15) is 0 Å². The van der Waals surface area contributed by atoms with Gasteiger partial charge in [-0.1, -0.05) is 0 Å². The Morgan fingerprint density at radius 3 is 1.75 bits per heavy atom. The summed E-state index contributed by atoms with van der Waals surface area (Å²) in [6, 6.07) is 0. The van der Waals surface area contributed by atoms with Gasteiger partial charge in [0, 0.05) is 0 Å². The third-order valence-electron chi connectivity index (χ3n) is 0. The zero-order valence-corrected chi connectivity index (χ0v) is 7.19. The van der Waals surface area contributed by atoms with Crippen LogP contribution in [0.25, 0.3) is 5.41 Å². The zero-order valence-electron chi connectivity index (χ0n) is 2.36. The molecule has 0 amide bonds. The molecule has 0 unspecified atom stereocenters. The summed E-state index contributed by atoms with van der Waals surface area (Å²) in [5.41, 5.74) is 0. The molecule has 0 aromatic rings. The molecule has 0 rings (SSSR count). The van der Waals surface area contributed by atoms with Gasteiger partial charge in [-0.3, -0.25) is 0 Å². The molecule has 0 radical (unpaired) electrons. The van der Waals surface area contributed by atoms with Crippen molar-refractivity contribution in [2.75, 3.05) is 0 Å². The summed E-state index contributed by atoms with van der Waals surface area (Å²) in [6.45, 7) is 0. The van der Waals surface area contributed by atoms with E-state index in [-0.39, 0.29) is 51.4 Å². The van der Waals surface area contributed by atoms with E-state index >= 15 is 0 Å². The predicted octanol–water partition coefficient (Wildman–Crippen LogP) is -3.37. The van der Waals surface area contributed by atoms with Crippen LogP contribution >= 0.6 is 0 Å². The first-order valence-electron chi connectivity index (χ1n) is 0.428. The van der Waals surface area contributed by atoms with Gasteiger partial charge in [-0.25, -0.2) is 0 Å². The van der Waals surface area contributed by atoms with Crippen LogP contribution in [-0.4, -0.2) is 20.3 Å². The van der Waals surface area contributed by atoms with Crippen molar-refractivity contribution in [3.8, 4) is 0 Å². The Balaban J connectivity index is 0. The van der Waals surface area contributed by atoms with Gasteiger partial charge < -0.3 is 0 Å². The molecular formula is CKNSe. The van der Waals surface area contributed by atoms with E-state index in [0.717, 1.165) is 0 Å². The molecule has 0 fully saturated rings. The van der Waals surface area contributed by atoms with Gasteiger partial charge in [-0.15, -0.1) is 0 Å². The fraction of sp³-hybridized carbons (Fsp3) is 0. The van der Waals surface area contributed by atoms with Gasteiger partial charge in [-0.2, -0.15) is 0 Å². The normalized spacial score (nSPS) is 2.00. The van der Waals surface area contributed by atoms with E-state index in [2.05, 4.69) is 15.6 Å². The Morgan fingerprint density at radius 2 is 1.75 bits per heavy atom. The van der Waals surface area contributed by atoms with Crippen molar-refractivity contribution in [1.82, 2.24) is 0 Å². The number of rotatable bonds is 0. The third kappa shape index (κ3) is 9.28. The quantitative estimate of drug-likeness (QED) is 0.250. The van der Waals surface area contributed by atoms with Crippen molar-refractivity contribution in [2.45, 2.75) is 0 Å². The van der Waals surface area contributed by atoms with Gasteiger partial charge in [0.2, 0.25) is 0 Å². The van der Waals surface area contributed by atoms with Crippen LogP contribution in [0.4, 0.5) is 0 Å². The van der Waals surface area contributed by atoms with E-state index in [1.165, 1.54) is 0 Å². The molecule has 0 bridgehead atoms. The van der Waals surface area contributed by atoms with Crippen LogP contribution in [-0.2, 0) is 0 Å². The summed E-state index contributed by atoms with van der Waals surface area (Å²) in [4.78, 5) is 0. The SMILES string of the molecule is [K+].[N-]=C=[Se]. The van der Waals surface area contributed by atoms with E-state index < -0.39 is 0 Å². The Bertz CT molecular complexity index is 29.0. The van der Waals surface area contributed by atoms with Crippen LogP contribution in [0, 0.1) is 0 Å². The van der Waals surface area contributed by atoms with Gasteiger partial charge in [0.05, 0.1) is 0 Å². The zero-order chi connectivity index (χ0) is 2.71.